The SMILES string of the molecule is Cc1ccc(-c2cc(F)cc(-c3ccc(-n4ccn(C)c4=O)c(Cl)c3)c2O)cc1N1CC(C)(O)C1. The van der Waals surface area contributed by atoms with Crippen LogP contribution in [0.5, 0.6) is 5.75 Å². The number of halogens is 2. The Bertz CT molecular complexity index is 1510. The summed E-state index contributed by atoms with van der Waals surface area (Å²) in [6.07, 6.45) is 3.25. The number of anilines is 1. The van der Waals surface area contributed by atoms with Gasteiger partial charge in [-0.05, 0) is 60.9 Å². The van der Waals surface area contributed by atoms with Gasteiger partial charge in [0.25, 0.3) is 0 Å². The van der Waals surface area contributed by atoms with Crippen molar-refractivity contribution < 1.29 is 14.6 Å². The van der Waals surface area contributed by atoms with Crippen LogP contribution >= 0.6 is 11.6 Å². The normalized spacial score (nSPS) is 14.7. The summed E-state index contributed by atoms with van der Waals surface area (Å²) in [6.45, 7) is 4.78. The van der Waals surface area contributed by atoms with Crippen LogP contribution in [0.3, 0.4) is 0 Å². The average molecular weight is 494 g/mol. The summed E-state index contributed by atoms with van der Waals surface area (Å²) in [4.78, 5) is 14.4. The van der Waals surface area contributed by atoms with Crippen LogP contribution in [0, 0.1) is 12.7 Å². The maximum Gasteiger partial charge on any atom is 0.332 e. The van der Waals surface area contributed by atoms with Gasteiger partial charge in [0, 0.05) is 49.3 Å². The van der Waals surface area contributed by atoms with E-state index >= 15 is 0 Å². The van der Waals surface area contributed by atoms with E-state index in [2.05, 4.69) is 4.90 Å². The third-order valence-electron chi connectivity index (χ3n) is 6.46. The van der Waals surface area contributed by atoms with E-state index in [-0.39, 0.29) is 11.4 Å². The van der Waals surface area contributed by atoms with Crippen molar-refractivity contribution in [2.75, 3.05) is 18.0 Å². The van der Waals surface area contributed by atoms with Crippen LogP contribution in [-0.2, 0) is 7.05 Å². The number of aromatic hydroxyl groups is 1. The lowest BCUT2D eigenvalue weighted by molar-refractivity contribution is 0.0310. The summed E-state index contributed by atoms with van der Waals surface area (Å²) in [5, 5.41) is 21.6. The average Bonchev–Trinajstić information content (AvgIpc) is 3.12. The molecule has 2 N–H and O–H groups in total. The zero-order chi connectivity index (χ0) is 25.1. The lowest BCUT2D eigenvalue weighted by Crippen LogP contribution is -2.60. The van der Waals surface area contributed by atoms with Gasteiger partial charge in [-0.2, -0.15) is 0 Å². The molecule has 4 aromatic rings. The number of rotatable bonds is 4. The minimum absolute atomic E-state index is 0.0718. The molecule has 0 unspecified atom stereocenters. The van der Waals surface area contributed by atoms with Crippen LogP contribution in [0.25, 0.3) is 27.9 Å². The first-order chi connectivity index (χ1) is 16.5. The van der Waals surface area contributed by atoms with Crippen molar-refractivity contribution in [1.29, 1.82) is 0 Å². The molecule has 1 aliphatic rings. The lowest BCUT2D eigenvalue weighted by atomic mass is 9.92. The summed E-state index contributed by atoms with van der Waals surface area (Å²) in [7, 11) is 1.65. The maximum atomic E-state index is 14.8. The van der Waals surface area contributed by atoms with Crippen molar-refractivity contribution in [3.63, 3.8) is 0 Å². The van der Waals surface area contributed by atoms with Gasteiger partial charge in [0.2, 0.25) is 0 Å². The second-order valence-corrected chi connectivity index (χ2v) is 9.84. The first kappa shape index (κ1) is 23.2. The molecule has 0 saturated carbocycles. The van der Waals surface area contributed by atoms with E-state index in [1.54, 1.807) is 44.6 Å². The molecular formula is C27H25ClFN3O3. The minimum Gasteiger partial charge on any atom is -0.507 e. The molecule has 6 nitrogen and oxygen atoms in total. The van der Waals surface area contributed by atoms with Crippen LogP contribution in [0.1, 0.15) is 12.5 Å². The van der Waals surface area contributed by atoms with Crippen LogP contribution in [0.15, 0.2) is 65.7 Å². The maximum absolute atomic E-state index is 14.8. The number of phenols is 1. The van der Waals surface area contributed by atoms with Gasteiger partial charge in [-0.25, -0.2) is 9.18 Å². The van der Waals surface area contributed by atoms with Crippen LogP contribution in [0.4, 0.5) is 10.1 Å². The number of hydrogen-bond acceptors (Lipinski definition) is 4. The van der Waals surface area contributed by atoms with Gasteiger partial charge in [-0.3, -0.25) is 4.57 Å². The highest BCUT2D eigenvalue weighted by Crippen LogP contribution is 2.42. The number of benzene rings is 3. The summed E-state index contributed by atoms with van der Waals surface area (Å²) in [6, 6.07) is 13.2. The Labute approximate surface area is 207 Å². The number of imidazole rings is 1. The molecule has 1 saturated heterocycles. The molecule has 180 valence electrons. The topological polar surface area (TPSA) is 70.6 Å². The summed E-state index contributed by atoms with van der Waals surface area (Å²) < 4.78 is 17.6. The van der Waals surface area contributed by atoms with E-state index in [0.29, 0.717) is 46.1 Å². The van der Waals surface area contributed by atoms with E-state index in [9.17, 15) is 19.4 Å². The quantitative estimate of drug-likeness (QED) is 0.425. The molecule has 0 radical (unpaired) electrons. The Balaban J connectivity index is 1.56. The van der Waals surface area contributed by atoms with Gasteiger partial charge in [0.05, 0.1) is 16.3 Å². The van der Waals surface area contributed by atoms with Gasteiger partial charge in [0.1, 0.15) is 11.6 Å². The molecule has 35 heavy (non-hydrogen) atoms. The van der Waals surface area contributed by atoms with Gasteiger partial charge in [-0.1, -0.05) is 29.8 Å². The Morgan fingerprint density at radius 1 is 0.971 bits per heavy atom. The van der Waals surface area contributed by atoms with Crippen molar-refractivity contribution in [2.45, 2.75) is 19.4 Å². The van der Waals surface area contributed by atoms with E-state index in [0.717, 1.165) is 11.3 Å². The highest BCUT2D eigenvalue weighted by Gasteiger charge is 2.37. The molecule has 1 fully saturated rings. The number of aromatic nitrogens is 2. The predicted molar refractivity (Wildman–Crippen MR) is 136 cm³/mol. The monoisotopic (exact) mass is 493 g/mol. The fraction of sp³-hybridized carbons (Fsp3) is 0.222. The molecule has 0 bridgehead atoms. The second-order valence-electron chi connectivity index (χ2n) is 9.43. The first-order valence-electron chi connectivity index (χ1n) is 11.2. The number of aliphatic hydroxyl groups is 1. The Kier molecular flexibility index (Phi) is 5.49. The van der Waals surface area contributed by atoms with E-state index in [1.165, 1.54) is 21.3 Å². The molecule has 0 spiro atoms. The van der Waals surface area contributed by atoms with Gasteiger partial charge >= 0.3 is 5.69 Å². The van der Waals surface area contributed by atoms with Gasteiger partial charge in [-0.15, -0.1) is 0 Å². The highest BCUT2D eigenvalue weighted by atomic mass is 35.5. The van der Waals surface area contributed by atoms with Crippen LogP contribution < -0.4 is 10.6 Å². The number of aryl methyl sites for hydroxylation is 2. The summed E-state index contributed by atoms with van der Waals surface area (Å²) in [5.41, 5.74) is 3.31. The molecule has 8 heteroatoms. The summed E-state index contributed by atoms with van der Waals surface area (Å²) >= 11 is 6.49. The summed E-state index contributed by atoms with van der Waals surface area (Å²) in [5.74, 6) is -0.571. The van der Waals surface area contributed by atoms with Crippen molar-refractivity contribution in [3.8, 4) is 33.7 Å². The van der Waals surface area contributed by atoms with E-state index in [1.807, 2.05) is 25.1 Å². The first-order valence-corrected chi connectivity index (χ1v) is 11.6. The highest BCUT2D eigenvalue weighted by molar-refractivity contribution is 6.32. The molecule has 1 aliphatic heterocycles. The van der Waals surface area contributed by atoms with Crippen LogP contribution in [-0.4, -0.2) is 38.0 Å². The molecule has 1 aromatic heterocycles. The third-order valence-corrected chi connectivity index (χ3v) is 6.77. The van der Waals surface area contributed by atoms with Crippen molar-refractivity contribution in [3.05, 3.63) is 87.8 Å². The molecule has 3 aromatic carbocycles. The van der Waals surface area contributed by atoms with Crippen LogP contribution in [0.2, 0.25) is 5.02 Å². The fourth-order valence-corrected chi connectivity index (χ4v) is 4.89. The molecule has 2 heterocycles. The second kappa shape index (κ2) is 8.29. The van der Waals surface area contributed by atoms with Crippen molar-refractivity contribution >= 4 is 17.3 Å². The number of phenolic OH excluding ortho intramolecular Hbond substituents is 1. The van der Waals surface area contributed by atoms with Crippen molar-refractivity contribution in [1.82, 2.24) is 9.13 Å². The van der Waals surface area contributed by atoms with E-state index in [4.69, 9.17) is 11.6 Å². The molecular weight excluding hydrogens is 469 g/mol. The minimum atomic E-state index is -0.729. The lowest BCUT2D eigenvalue weighted by Gasteiger charge is -2.46. The fourth-order valence-electron chi connectivity index (χ4n) is 4.62. The smallest absolute Gasteiger partial charge is 0.332 e. The molecule has 0 atom stereocenters. The third kappa shape index (κ3) is 4.11. The van der Waals surface area contributed by atoms with Gasteiger partial charge in [0.15, 0.2) is 0 Å². The standard InChI is InChI=1S/C27H25ClFN3O3/c1-16-4-5-18(11-24(16)31-14-27(2,35)15-31)21-13-19(29)12-20(25(21)33)17-6-7-23(22(28)10-17)32-9-8-30(3)26(32)34/h4-13,33,35H,14-15H2,1-3H3. The van der Waals surface area contributed by atoms with Crippen molar-refractivity contribution in [2.24, 2.45) is 7.05 Å². The molecule has 5 rings (SSSR count). The largest absolute Gasteiger partial charge is 0.507 e. The number of hydrogen-bond donors (Lipinski definition) is 2. The number of β-amino-alcohol motifs (C(OH)–C–C–N with tert-alkyl or cyclic N) is 1. The number of nitrogens with zero attached hydrogens (tertiary/aromatic N) is 3. The Morgan fingerprint density at radius 2 is 1.60 bits per heavy atom. The molecule has 0 amide bonds. The predicted octanol–water partition coefficient (Wildman–Crippen LogP) is 4.89. The zero-order valence-electron chi connectivity index (χ0n) is 19.6. The molecule has 0 aliphatic carbocycles. The Hall–Kier alpha value is -3.55. The zero-order valence-corrected chi connectivity index (χ0v) is 20.3. The Morgan fingerprint density at radius 3 is 2.17 bits per heavy atom. The van der Waals surface area contributed by atoms with E-state index < -0.39 is 11.4 Å². The van der Waals surface area contributed by atoms with Gasteiger partial charge < -0.3 is 19.7 Å².